The van der Waals surface area contributed by atoms with Crippen molar-refractivity contribution in [2.45, 2.75) is 0 Å². The maximum Gasteiger partial charge on any atom is 0.226 e. The summed E-state index contributed by atoms with van der Waals surface area (Å²) in [5, 5.41) is 0. The van der Waals surface area contributed by atoms with Crippen LogP contribution in [0.1, 0.15) is 10.4 Å². The van der Waals surface area contributed by atoms with Gasteiger partial charge in [-0.15, -0.1) is 0 Å². The van der Waals surface area contributed by atoms with E-state index in [1.807, 2.05) is 18.2 Å². The van der Waals surface area contributed by atoms with Crippen molar-refractivity contribution in [3.05, 3.63) is 35.9 Å². The highest BCUT2D eigenvalue weighted by Crippen LogP contribution is 1.97. The minimum atomic E-state index is 0.0417. The first-order chi connectivity index (χ1) is 8.11. The van der Waals surface area contributed by atoms with Gasteiger partial charge in [-0.3, -0.25) is 4.79 Å². The van der Waals surface area contributed by atoms with Gasteiger partial charge in [0.25, 0.3) is 0 Å². The van der Waals surface area contributed by atoms with Crippen molar-refractivity contribution in [2.75, 3.05) is 17.2 Å². The molecule has 0 aliphatic rings. The zero-order valence-electron chi connectivity index (χ0n) is 8.95. The fourth-order valence-corrected chi connectivity index (χ4v) is 0.959. The molecular formula is C10H12N6O. The molecular weight excluding hydrogens is 220 g/mol. The Balaban J connectivity index is 0.000000171. The summed E-state index contributed by atoms with van der Waals surface area (Å²) in [5.74, 6) is 0.125. The number of nitrogen functional groups attached to an aromatic ring is 3. The fraction of sp³-hybridized carbons (Fsp3) is 0. The molecule has 0 saturated carbocycles. The van der Waals surface area contributed by atoms with Crippen LogP contribution in [0.5, 0.6) is 0 Å². The molecule has 17 heavy (non-hydrogen) atoms. The Morgan fingerprint density at radius 1 is 0.824 bits per heavy atom. The molecule has 1 aromatic carbocycles. The van der Waals surface area contributed by atoms with Crippen LogP contribution in [0.15, 0.2) is 30.3 Å². The van der Waals surface area contributed by atoms with Gasteiger partial charge >= 0.3 is 0 Å². The number of benzene rings is 1. The van der Waals surface area contributed by atoms with E-state index in [0.717, 1.165) is 11.8 Å². The molecule has 0 aliphatic heterocycles. The van der Waals surface area contributed by atoms with Crippen LogP contribution in [0.4, 0.5) is 17.8 Å². The van der Waals surface area contributed by atoms with Crippen LogP contribution < -0.4 is 17.2 Å². The Bertz CT molecular complexity index is 437. The standard InChI is InChI=1S/C7H6O.C3H6N6/c8-6-7-4-2-1-3-5-7;4-1-7-2(5)9-3(6)8-1/h1-6H;(H6,4,5,6,7,8,9). The smallest absolute Gasteiger partial charge is 0.226 e. The highest BCUT2D eigenvalue weighted by atomic mass is 16.1. The molecule has 0 spiro atoms. The second kappa shape index (κ2) is 6.01. The van der Waals surface area contributed by atoms with Gasteiger partial charge in [0, 0.05) is 5.56 Å². The molecule has 0 amide bonds. The molecule has 7 nitrogen and oxygen atoms in total. The molecule has 2 rings (SSSR count). The van der Waals surface area contributed by atoms with Crippen molar-refractivity contribution in [2.24, 2.45) is 0 Å². The highest BCUT2D eigenvalue weighted by Gasteiger charge is 1.93. The third kappa shape index (κ3) is 4.56. The van der Waals surface area contributed by atoms with Gasteiger partial charge in [0.1, 0.15) is 6.29 Å². The van der Waals surface area contributed by atoms with Crippen LogP contribution in [-0.2, 0) is 0 Å². The average molecular weight is 232 g/mol. The SMILES string of the molecule is Nc1nc(N)nc(N)n1.O=Cc1ccccc1. The summed E-state index contributed by atoms with van der Waals surface area (Å²) in [5.41, 5.74) is 16.1. The zero-order chi connectivity index (χ0) is 12.7. The van der Waals surface area contributed by atoms with E-state index in [9.17, 15) is 4.79 Å². The topological polar surface area (TPSA) is 134 Å². The van der Waals surface area contributed by atoms with E-state index in [1.165, 1.54) is 0 Å². The molecule has 0 fully saturated rings. The summed E-state index contributed by atoms with van der Waals surface area (Å²) in [7, 11) is 0. The van der Waals surface area contributed by atoms with E-state index in [0.29, 0.717) is 0 Å². The van der Waals surface area contributed by atoms with Gasteiger partial charge < -0.3 is 17.2 Å². The number of nitrogens with two attached hydrogens (primary N) is 3. The average Bonchev–Trinajstić information content (AvgIpc) is 2.29. The number of rotatable bonds is 1. The molecule has 88 valence electrons. The lowest BCUT2D eigenvalue weighted by atomic mass is 10.2. The van der Waals surface area contributed by atoms with Gasteiger partial charge in [-0.05, 0) is 0 Å². The van der Waals surface area contributed by atoms with Crippen LogP contribution in [0, 0.1) is 0 Å². The zero-order valence-corrected chi connectivity index (χ0v) is 8.95. The molecule has 0 bridgehead atoms. The lowest BCUT2D eigenvalue weighted by Crippen LogP contribution is -2.05. The number of aromatic nitrogens is 3. The molecule has 0 unspecified atom stereocenters. The van der Waals surface area contributed by atoms with Crippen molar-refractivity contribution < 1.29 is 4.79 Å². The Labute approximate surface area is 97.7 Å². The highest BCUT2D eigenvalue weighted by molar-refractivity contribution is 5.74. The van der Waals surface area contributed by atoms with Crippen molar-refractivity contribution in [1.29, 1.82) is 0 Å². The fourth-order valence-electron chi connectivity index (χ4n) is 0.959. The molecule has 0 saturated heterocycles. The quantitative estimate of drug-likeness (QED) is 0.594. The van der Waals surface area contributed by atoms with Gasteiger partial charge in [-0.1, -0.05) is 30.3 Å². The van der Waals surface area contributed by atoms with Gasteiger partial charge in [-0.2, -0.15) is 15.0 Å². The summed E-state index contributed by atoms with van der Waals surface area (Å²) < 4.78 is 0. The van der Waals surface area contributed by atoms with Crippen LogP contribution in [0.2, 0.25) is 0 Å². The molecule has 1 aromatic heterocycles. The van der Waals surface area contributed by atoms with Gasteiger partial charge in [0.2, 0.25) is 17.8 Å². The predicted molar refractivity (Wildman–Crippen MR) is 64.9 cm³/mol. The first kappa shape index (κ1) is 12.4. The van der Waals surface area contributed by atoms with Crippen LogP contribution >= 0.6 is 0 Å². The van der Waals surface area contributed by atoms with Crippen LogP contribution in [0.3, 0.4) is 0 Å². The van der Waals surface area contributed by atoms with E-state index in [1.54, 1.807) is 12.1 Å². The number of aldehydes is 1. The van der Waals surface area contributed by atoms with Crippen LogP contribution in [0.25, 0.3) is 0 Å². The Morgan fingerprint density at radius 2 is 1.24 bits per heavy atom. The van der Waals surface area contributed by atoms with Crippen molar-refractivity contribution in [1.82, 2.24) is 15.0 Å². The van der Waals surface area contributed by atoms with Crippen molar-refractivity contribution >= 4 is 24.1 Å². The van der Waals surface area contributed by atoms with E-state index in [4.69, 9.17) is 17.2 Å². The number of hydrogen-bond donors (Lipinski definition) is 3. The number of carbonyl (C=O) groups excluding carboxylic acids is 1. The largest absolute Gasteiger partial charge is 0.368 e. The Kier molecular flexibility index (Phi) is 4.37. The third-order valence-electron chi connectivity index (χ3n) is 1.62. The van der Waals surface area contributed by atoms with Crippen LogP contribution in [-0.4, -0.2) is 21.2 Å². The lowest BCUT2D eigenvalue weighted by molar-refractivity contribution is 0.112. The third-order valence-corrected chi connectivity index (χ3v) is 1.62. The molecule has 7 heteroatoms. The molecule has 6 N–H and O–H groups in total. The maximum atomic E-state index is 10.0. The predicted octanol–water partition coefficient (Wildman–Crippen LogP) is 0.117. The summed E-state index contributed by atoms with van der Waals surface area (Å²) >= 11 is 0. The first-order valence-electron chi connectivity index (χ1n) is 4.64. The van der Waals surface area contributed by atoms with E-state index >= 15 is 0 Å². The number of anilines is 3. The minimum Gasteiger partial charge on any atom is -0.368 e. The van der Waals surface area contributed by atoms with Gasteiger partial charge in [0.15, 0.2) is 0 Å². The summed E-state index contributed by atoms with van der Waals surface area (Å²) in [4.78, 5) is 20.5. The first-order valence-corrected chi connectivity index (χ1v) is 4.64. The molecule has 0 aliphatic carbocycles. The van der Waals surface area contributed by atoms with E-state index in [-0.39, 0.29) is 17.8 Å². The van der Waals surface area contributed by atoms with Gasteiger partial charge in [0.05, 0.1) is 0 Å². The second-order valence-electron chi connectivity index (χ2n) is 2.94. The monoisotopic (exact) mass is 232 g/mol. The summed E-state index contributed by atoms with van der Waals surface area (Å²) in [6, 6.07) is 9.10. The summed E-state index contributed by atoms with van der Waals surface area (Å²) in [6.45, 7) is 0. The Morgan fingerprint density at radius 3 is 1.53 bits per heavy atom. The molecule has 0 radical (unpaired) electrons. The van der Waals surface area contributed by atoms with Gasteiger partial charge in [-0.25, -0.2) is 0 Å². The summed E-state index contributed by atoms with van der Waals surface area (Å²) in [6.07, 6.45) is 0.833. The van der Waals surface area contributed by atoms with E-state index in [2.05, 4.69) is 15.0 Å². The van der Waals surface area contributed by atoms with E-state index < -0.39 is 0 Å². The minimum absolute atomic E-state index is 0.0417. The number of nitrogens with zero attached hydrogens (tertiary/aromatic N) is 3. The Hall–Kier alpha value is -2.70. The molecule has 1 heterocycles. The normalized spacial score (nSPS) is 8.94. The van der Waals surface area contributed by atoms with Crippen molar-refractivity contribution in [3.63, 3.8) is 0 Å². The van der Waals surface area contributed by atoms with Crippen molar-refractivity contribution in [3.8, 4) is 0 Å². The number of carbonyl (C=O) groups is 1. The maximum absolute atomic E-state index is 10.0. The lowest BCUT2D eigenvalue weighted by Gasteiger charge is -1.93. The second-order valence-corrected chi connectivity index (χ2v) is 2.94. The molecule has 0 atom stereocenters. The molecule has 2 aromatic rings. The number of hydrogen-bond acceptors (Lipinski definition) is 7.